The summed E-state index contributed by atoms with van der Waals surface area (Å²) in [6.45, 7) is 0.255. The first-order valence-corrected chi connectivity index (χ1v) is 5.63. The lowest BCUT2D eigenvalue weighted by atomic mass is 10.1. The Morgan fingerprint density at radius 3 is 2.94 bits per heavy atom. The standard InChI is InChI=1S/C11H10N2O3S/c14-10-7(12-11(17)13-10)3-6-1-2-8-9(4-6)16-5-15-8/h1-2,4,7H,3,5H2,(H2,12,13,14,17)/t7-/m1/s1. The summed E-state index contributed by atoms with van der Waals surface area (Å²) in [6.07, 6.45) is 0.572. The molecule has 2 heterocycles. The molecule has 1 saturated heterocycles. The number of thiocarbonyl (C=S) groups is 1. The van der Waals surface area contributed by atoms with Crippen molar-refractivity contribution in [2.24, 2.45) is 0 Å². The van der Waals surface area contributed by atoms with Crippen LogP contribution in [0.25, 0.3) is 0 Å². The van der Waals surface area contributed by atoms with Crippen LogP contribution in [-0.2, 0) is 11.2 Å². The Bertz CT molecular complexity index is 503. The average Bonchev–Trinajstić information content (AvgIpc) is 2.85. The number of amides is 1. The van der Waals surface area contributed by atoms with Crippen molar-refractivity contribution < 1.29 is 14.3 Å². The molecule has 1 atom stereocenters. The molecule has 3 rings (SSSR count). The highest BCUT2D eigenvalue weighted by Gasteiger charge is 2.27. The van der Waals surface area contributed by atoms with E-state index in [1.54, 1.807) is 0 Å². The van der Waals surface area contributed by atoms with Gasteiger partial charge in [0.15, 0.2) is 16.6 Å². The van der Waals surface area contributed by atoms with Crippen molar-refractivity contribution in [3.05, 3.63) is 23.8 Å². The minimum Gasteiger partial charge on any atom is -0.454 e. The molecular weight excluding hydrogens is 240 g/mol. The summed E-state index contributed by atoms with van der Waals surface area (Å²) in [4.78, 5) is 11.5. The van der Waals surface area contributed by atoms with E-state index in [-0.39, 0.29) is 18.7 Å². The zero-order valence-corrected chi connectivity index (χ0v) is 9.67. The summed E-state index contributed by atoms with van der Waals surface area (Å²) in [5.41, 5.74) is 1.01. The van der Waals surface area contributed by atoms with Crippen molar-refractivity contribution >= 4 is 23.2 Å². The van der Waals surface area contributed by atoms with Crippen molar-refractivity contribution in [2.75, 3.05) is 6.79 Å². The topological polar surface area (TPSA) is 59.6 Å². The number of fused-ring (bicyclic) bond motifs is 1. The van der Waals surface area contributed by atoms with Crippen LogP contribution in [0.3, 0.4) is 0 Å². The van der Waals surface area contributed by atoms with E-state index >= 15 is 0 Å². The van der Waals surface area contributed by atoms with Gasteiger partial charge in [-0.15, -0.1) is 0 Å². The number of carbonyl (C=O) groups excluding carboxylic acids is 1. The van der Waals surface area contributed by atoms with Gasteiger partial charge in [0.05, 0.1) is 0 Å². The Morgan fingerprint density at radius 2 is 2.18 bits per heavy atom. The third-order valence-electron chi connectivity index (χ3n) is 2.74. The molecular formula is C11H10N2O3S. The van der Waals surface area contributed by atoms with Crippen molar-refractivity contribution in [3.8, 4) is 11.5 Å². The summed E-state index contributed by atoms with van der Waals surface area (Å²) in [6, 6.07) is 5.36. The predicted octanol–water partition coefficient (Wildman–Crippen LogP) is 0.331. The fourth-order valence-electron chi connectivity index (χ4n) is 1.91. The summed E-state index contributed by atoms with van der Waals surface area (Å²) >= 11 is 4.88. The van der Waals surface area contributed by atoms with Crippen molar-refractivity contribution in [3.63, 3.8) is 0 Å². The maximum absolute atomic E-state index is 11.5. The molecule has 88 valence electrons. The summed E-state index contributed by atoms with van der Waals surface area (Å²) in [5.74, 6) is 1.38. The van der Waals surface area contributed by atoms with E-state index in [4.69, 9.17) is 21.7 Å². The van der Waals surface area contributed by atoms with Crippen LogP contribution in [0.2, 0.25) is 0 Å². The molecule has 1 fully saturated rings. The minimum atomic E-state index is -0.303. The zero-order valence-electron chi connectivity index (χ0n) is 8.86. The maximum Gasteiger partial charge on any atom is 0.249 e. The first-order valence-electron chi connectivity index (χ1n) is 5.22. The lowest BCUT2D eigenvalue weighted by molar-refractivity contribution is -0.120. The van der Waals surface area contributed by atoms with Crippen LogP contribution in [-0.4, -0.2) is 23.9 Å². The van der Waals surface area contributed by atoms with Gasteiger partial charge in [-0.3, -0.25) is 4.79 Å². The fourth-order valence-corrected chi connectivity index (χ4v) is 2.15. The first-order chi connectivity index (χ1) is 8.22. The summed E-state index contributed by atoms with van der Waals surface area (Å²) in [7, 11) is 0. The zero-order chi connectivity index (χ0) is 11.8. The molecule has 5 nitrogen and oxygen atoms in total. The smallest absolute Gasteiger partial charge is 0.249 e. The van der Waals surface area contributed by atoms with Gasteiger partial charge >= 0.3 is 0 Å². The van der Waals surface area contributed by atoms with Gasteiger partial charge in [-0.2, -0.15) is 0 Å². The molecule has 0 unspecified atom stereocenters. The van der Waals surface area contributed by atoms with E-state index < -0.39 is 0 Å². The lowest BCUT2D eigenvalue weighted by Crippen LogP contribution is -2.30. The normalized spacial score (nSPS) is 21.3. The minimum absolute atomic E-state index is 0.0901. The molecule has 17 heavy (non-hydrogen) atoms. The molecule has 2 N–H and O–H groups in total. The summed E-state index contributed by atoms with van der Waals surface area (Å²) < 4.78 is 10.5. The molecule has 1 amide bonds. The number of ether oxygens (including phenoxy) is 2. The fraction of sp³-hybridized carbons (Fsp3) is 0.273. The van der Waals surface area contributed by atoms with Crippen LogP contribution in [0, 0.1) is 0 Å². The molecule has 1 aromatic rings. The van der Waals surface area contributed by atoms with E-state index in [2.05, 4.69) is 10.6 Å². The quantitative estimate of drug-likeness (QED) is 0.741. The number of nitrogens with one attached hydrogen (secondary N) is 2. The Kier molecular flexibility index (Phi) is 2.36. The molecule has 6 heteroatoms. The Balaban J connectivity index is 1.77. The van der Waals surface area contributed by atoms with Gasteiger partial charge in [-0.05, 0) is 29.9 Å². The molecule has 0 spiro atoms. The van der Waals surface area contributed by atoms with Crippen LogP contribution in [0.5, 0.6) is 11.5 Å². The molecule has 2 aliphatic rings. The maximum atomic E-state index is 11.5. The van der Waals surface area contributed by atoms with Crippen LogP contribution in [0.4, 0.5) is 0 Å². The molecule has 0 radical (unpaired) electrons. The molecule has 0 aliphatic carbocycles. The van der Waals surface area contributed by atoms with Gasteiger partial charge in [0.1, 0.15) is 6.04 Å². The predicted molar refractivity (Wildman–Crippen MR) is 63.9 cm³/mol. The van der Waals surface area contributed by atoms with Gasteiger partial charge < -0.3 is 20.1 Å². The third-order valence-corrected chi connectivity index (χ3v) is 2.96. The van der Waals surface area contributed by atoms with E-state index in [0.29, 0.717) is 11.5 Å². The SMILES string of the molecule is O=C1NC(=S)N[C@@H]1Cc1ccc2c(c1)OCO2. The Hall–Kier alpha value is -1.82. The number of hydrogen-bond acceptors (Lipinski definition) is 4. The van der Waals surface area contributed by atoms with Crippen LogP contribution in [0.15, 0.2) is 18.2 Å². The van der Waals surface area contributed by atoms with Crippen LogP contribution >= 0.6 is 12.2 Å². The van der Waals surface area contributed by atoms with E-state index in [9.17, 15) is 4.79 Å². The van der Waals surface area contributed by atoms with Gasteiger partial charge in [0.2, 0.25) is 12.7 Å². The number of rotatable bonds is 2. The van der Waals surface area contributed by atoms with Crippen LogP contribution < -0.4 is 20.1 Å². The molecule has 0 bridgehead atoms. The average molecular weight is 250 g/mol. The molecule has 1 aromatic carbocycles. The van der Waals surface area contributed by atoms with Gasteiger partial charge in [-0.1, -0.05) is 6.07 Å². The van der Waals surface area contributed by atoms with Crippen molar-refractivity contribution in [1.29, 1.82) is 0 Å². The second kappa shape index (κ2) is 3.89. The highest BCUT2D eigenvalue weighted by molar-refractivity contribution is 7.80. The summed E-state index contributed by atoms with van der Waals surface area (Å²) in [5, 5.41) is 5.87. The number of hydrogen-bond donors (Lipinski definition) is 2. The first kappa shape index (κ1) is 10.3. The molecule has 0 aromatic heterocycles. The Morgan fingerprint density at radius 1 is 1.35 bits per heavy atom. The second-order valence-electron chi connectivity index (χ2n) is 3.91. The lowest BCUT2D eigenvalue weighted by Gasteiger charge is -2.08. The second-order valence-corrected chi connectivity index (χ2v) is 4.32. The number of carbonyl (C=O) groups is 1. The number of benzene rings is 1. The van der Waals surface area contributed by atoms with Gasteiger partial charge in [0, 0.05) is 6.42 Å². The van der Waals surface area contributed by atoms with Crippen LogP contribution in [0.1, 0.15) is 5.56 Å². The molecule has 0 saturated carbocycles. The van der Waals surface area contributed by atoms with Crippen molar-refractivity contribution in [2.45, 2.75) is 12.5 Å². The third kappa shape index (κ3) is 1.91. The van der Waals surface area contributed by atoms with Gasteiger partial charge in [0.25, 0.3) is 0 Å². The monoisotopic (exact) mass is 250 g/mol. The highest BCUT2D eigenvalue weighted by atomic mass is 32.1. The van der Waals surface area contributed by atoms with Gasteiger partial charge in [-0.25, -0.2) is 0 Å². The van der Waals surface area contributed by atoms with E-state index in [0.717, 1.165) is 17.1 Å². The van der Waals surface area contributed by atoms with E-state index in [1.807, 2.05) is 18.2 Å². The van der Waals surface area contributed by atoms with Crippen molar-refractivity contribution in [1.82, 2.24) is 10.6 Å². The molecule has 2 aliphatic heterocycles. The Labute approximate surface area is 103 Å². The van der Waals surface area contributed by atoms with E-state index in [1.165, 1.54) is 0 Å². The highest BCUT2D eigenvalue weighted by Crippen LogP contribution is 2.32. The largest absolute Gasteiger partial charge is 0.454 e.